The molecule has 0 spiro atoms. The number of imidazole rings is 1. The third-order valence-electron chi connectivity index (χ3n) is 3.85. The van der Waals surface area contributed by atoms with E-state index in [2.05, 4.69) is 60.6 Å². The van der Waals surface area contributed by atoms with E-state index in [9.17, 15) is 0 Å². The van der Waals surface area contributed by atoms with Gasteiger partial charge in [-0.05, 0) is 52.7 Å². The molecular weight excluding hydrogens is 248 g/mol. The molecule has 1 aromatic heterocycles. The topological polar surface area (TPSA) is 33.1 Å². The first-order valence-corrected chi connectivity index (χ1v) is 8.14. The number of nitrogens with zero attached hydrogens (tertiary/aromatic N) is 3. The van der Waals surface area contributed by atoms with Crippen LogP contribution in [-0.4, -0.2) is 40.6 Å². The van der Waals surface area contributed by atoms with Crippen molar-refractivity contribution in [3.8, 4) is 0 Å². The van der Waals surface area contributed by atoms with Crippen LogP contribution in [0.3, 0.4) is 0 Å². The van der Waals surface area contributed by atoms with Crippen LogP contribution in [-0.2, 0) is 0 Å². The van der Waals surface area contributed by atoms with E-state index in [0.717, 1.165) is 37.7 Å². The van der Waals surface area contributed by atoms with E-state index in [-0.39, 0.29) is 0 Å². The van der Waals surface area contributed by atoms with Crippen LogP contribution >= 0.6 is 0 Å². The van der Waals surface area contributed by atoms with Crippen molar-refractivity contribution >= 4 is 5.95 Å². The Hall–Kier alpha value is -1.03. The van der Waals surface area contributed by atoms with Gasteiger partial charge >= 0.3 is 0 Å². The molecule has 1 atom stereocenters. The second-order valence-electron chi connectivity index (χ2n) is 5.56. The lowest BCUT2D eigenvalue weighted by Crippen LogP contribution is -2.24. The second kappa shape index (κ2) is 9.01. The summed E-state index contributed by atoms with van der Waals surface area (Å²) in [7, 11) is 0. The van der Waals surface area contributed by atoms with Gasteiger partial charge < -0.3 is 14.8 Å². The van der Waals surface area contributed by atoms with Crippen LogP contribution in [0.1, 0.15) is 58.7 Å². The monoisotopic (exact) mass is 280 g/mol. The summed E-state index contributed by atoms with van der Waals surface area (Å²) in [4.78, 5) is 7.07. The zero-order valence-electron chi connectivity index (χ0n) is 13.9. The van der Waals surface area contributed by atoms with Crippen molar-refractivity contribution in [1.29, 1.82) is 0 Å². The van der Waals surface area contributed by atoms with E-state index in [4.69, 9.17) is 0 Å². The average molecular weight is 280 g/mol. The fraction of sp³-hybridized carbons (Fsp3) is 0.812. The standard InChI is InChI=1S/C16H32N4/c1-6-11-17-16-18-14(4)13-20(16)15(5)10-9-12-19(7-2)8-3/h13,15H,6-12H2,1-5H3,(H,17,18). The van der Waals surface area contributed by atoms with Crippen LogP contribution in [0.4, 0.5) is 5.95 Å². The van der Waals surface area contributed by atoms with Gasteiger partial charge in [-0.2, -0.15) is 0 Å². The van der Waals surface area contributed by atoms with Crippen molar-refractivity contribution < 1.29 is 0 Å². The maximum Gasteiger partial charge on any atom is 0.203 e. The Morgan fingerprint density at radius 1 is 1.30 bits per heavy atom. The minimum Gasteiger partial charge on any atom is -0.356 e. The zero-order chi connectivity index (χ0) is 15.0. The first kappa shape index (κ1) is 17.0. The fourth-order valence-corrected chi connectivity index (χ4v) is 2.51. The minimum atomic E-state index is 0.506. The van der Waals surface area contributed by atoms with E-state index in [0.29, 0.717) is 6.04 Å². The molecule has 0 aliphatic carbocycles. The number of aromatic nitrogens is 2. The Morgan fingerprint density at radius 2 is 2.00 bits per heavy atom. The van der Waals surface area contributed by atoms with Crippen LogP contribution in [0.15, 0.2) is 6.20 Å². The molecule has 1 aromatic rings. The summed E-state index contributed by atoms with van der Waals surface area (Å²) >= 11 is 0. The van der Waals surface area contributed by atoms with Crippen LogP contribution in [0.2, 0.25) is 0 Å². The number of hydrogen-bond acceptors (Lipinski definition) is 3. The fourth-order valence-electron chi connectivity index (χ4n) is 2.51. The molecule has 1 unspecified atom stereocenters. The lowest BCUT2D eigenvalue weighted by Gasteiger charge is -2.21. The van der Waals surface area contributed by atoms with Gasteiger partial charge in [0.1, 0.15) is 0 Å². The summed E-state index contributed by atoms with van der Waals surface area (Å²) in [6.07, 6.45) is 5.74. The predicted molar refractivity (Wildman–Crippen MR) is 87.5 cm³/mol. The number of hydrogen-bond donors (Lipinski definition) is 1. The van der Waals surface area contributed by atoms with Crippen LogP contribution < -0.4 is 5.32 Å². The first-order valence-electron chi connectivity index (χ1n) is 8.14. The first-order chi connectivity index (χ1) is 9.62. The van der Waals surface area contributed by atoms with Crippen molar-refractivity contribution in [2.24, 2.45) is 0 Å². The smallest absolute Gasteiger partial charge is 0.203 e. The maximum atomic E-state index is 4.59. The minimum absolute atomic E-state index is 0.506. The Bertz CT molecular complexity index is 369. The molecule has 0 amide bonds. The summed E-state index contributed by atoms with van der Waals surface area (Å²) in [6, 6.07) is 0.506. The van der Waals surface area contributed by atoms with E-state index >= 15 is 0 Å². The number of anilines is 1. The number of nitrogens with one attached hydrogen (secondary N) is 1. The van der Waals surface area contributed by atoms with Gasteiger partial charge in [-0.1, -0.05) is 20.8 Å². The van der Waals surface area contributed by atoms with Gasteiger partial charge in [0.25, 0.3) is 0 Å². The highest BCUT2D eigenvalue weighted by Crippen LogP contribution is 2.20. The van der Waals surface area contributed by atoms with Crippen molar-refractivity contribution in [2.45, 2.75) is 59.9 Å². The second-order valence-corrected chi connectivity index (χ2v) is 5.56. The molecular formula is C16H32N4. The van der Waals surface area contributed by atoms with Crippen LogP contribution in [0, 0.1) is 6.92 Å². The highest BCUT2D eigenvalue weighted by molar-refractivity contribution is 5.29. The Balaban J connectivity index is 2.51. The molecule has 20 heavy (non-hydrogen) atoms. The molecule has 1 rings (SSSR count). The summed E-state index contributed by atoms with van der Waals surface area (Å²) in [6.45, 7) is 15.5. The predicted octanol–water partition coefficient (Wildman–Crippen LogP) is 3.70. The molecule has 0 radical (unpaired) electrons. The van der Waals surface area contributed by atoms with Crippen LogP contribution in [0.25, 0.3) is 0 Å². The Labute approximate surface area is 124 Å². The lowest BCUT2D eigenvalue weighted by molar-refractivity contribution is 0.288. The number of aryl methyl sites for hydroxylation is 1. The van der Waals surface area contributed by atoms with Gasteiger partial charge in [0.05, 0.1) is 5.69 Å². The molecule has 1 heterocycles. The van der Waals surface area contributed by atoms with Crippen molar-refractivity contribution in [2.75, 3.05) is 31.5 Å². The normalized spacial score (nSPS) is 12.9. The summed E-state index contributed by atoms with van der Waals surface area (Å²) < 4.78 is 2.30. The molecule has 0 saturated heterocycles. The zero-order valence-corrected chi connectivity index (χ0v) is 13.9. The Kier molecular flexibility index (Phi) is 7.67. The quantitative estimate of drug-likeness (QED) is 0.709. The highest BCUT2D eigenvalue weighted by Gasteiger charge is 2.11. The Morgan fingerprint density at radius 3 is 2.60 bits per heavy atom. The largest absolute Gasteiger partial charge is 0.356 e. The molecule has 0 fully saturated rings. The van der Waals surface area contributed by atoms with Crippen molar-refractivity contribution in [3.05, 3.63) is 11.9 Å². The third-order valence-corrected chi connectivity index (χ3v) is 3.85. The van der Waals surface area contributed by atoms with Crippen molar-refractivity contribution in [3.63, 3.8) is 0 Å². The molecule has 4 heteroatoms. The molecule has 0 saturated carbocycles. The van der Waals surface area contributed by atoms with E-state index in [1.54, 1.807) is 0 Å². The molecule has 116 valence electrons. The molecule has 0 aliphatic heterocycles. The van der Waals surface area contributed by atoms with Gasteiger partial charge in [0.2, 0.25) is 5.95 Å². The van der Waals surface area contributed by atoms with Gasteiger partial charge in [0, 0.05) is 18.8 Å². The SMILES string of the molecule is CCCNc1nc(C)cn1C(C)CCCN(CC)CC. The van der Waals surface area contributed by atoms with Crippen LogP contribution in [0.5, 0.6) is 0 Å². The molecule has 0 aromatic carbocycles. The summed E-state index contributed by atoms with van der Waals surface area (Å²) in [5.74, 6) is 1.03. The van der Waals surface area contributed by atoms with Gasteiger partial charge in [-0.3, -0.25) is 0 Å². The molecule has 4 nitrogen and oxygen atoms in total. The van der Waals surface area contributed by atoms with Crippen molar-refractivity contribution in [1.82, 2.24) is 14.5 Å². The molecule has 1 N–H and O–H groups in total. The van der Waals surface area contributed by atoms with Gasteiger partial charge in [-0.15, -0.1) is 0 Å². The highest BCUT2D eigenvalue weighted by atomic mass is 15.2. The number of rotatable bonds is 10. The molecule has 0 bridgehead atoms. The third kappa shape index (κ3) is 5.16. The summed E-state index contributed by atoms with van der Waals surface area (Å²) in [5.41, 5.74) is 1.10. The van der Waals surface area contributed by atoms with Gasteiger partial charge in [-0.25, -0.2) is 4.98 Å². The van der Waals surface area contributed by atoms with Gasteiger partial charge in [0.15, 0.2) is 0 Å². The van der Waals surface area contributed by atoms with E-state index in [1.807, 2.05) is 0 Å². The summed E-state index contributed by atoms with van der Waals surface area (Å²) in [5, 5.41) is 3.43. The van der Waals surface area contributed by atoms with E-state index < -0.39 is 0 Å². The average Bonchev–Trinajstić information content (AvgIpc) is 2.82. The molecule has 0 aliphatic rings. The van der Waals surface area contributed by atoms with E-state index in [1.165, 1.54) is 19.4 Å². The lowest BCUT2D eigenvalue weighted by atomic mass is 10.1. The maximum absolute atomic E-state index is 4.59.